The molecule has 180 valence electrons. The van der Waals surface area contributed by atoms with Gasteiger partial charge >= 0.3 is 5.97 Å². The molecule has 2 aromatic carbocycles. The number of nitrogens with one attached hydrogen (secondary N) is 1. The summed E-state index contributed by atoms with van der Waals surface area (Å²) in [6.45, 7) is -0.0894. The van der Waals surface area contributed by atoms with Gasteiger partial charge in [0.1, 0.15) is 25.3 Å². The number of azide groups is 1. The summed E-state index contributed by atoms with van der Waals surface area (Å²) in [5, 5.41) is 6.59. The van der Waals surface area contributed by atoms with Gasteiger partial charge in [0.05, 0.1) is 17.9 Å². The zero-order valence-electron chi connectivity index (χ0n) is 18.8. The topological polar surface area (TPSA) is 157 Å². The molecule has 1 unspecified atom stereocenters. The molecule has 3 atom stereocenters. The molecule has 0 radical (unpaired) electrons. The van der Waals surface area contributed by atoms with Gasteiger partial charge in [-0.15, -0.1) is 0 Å². The first-order valence-electron chi connectivity index (χ1n) is 11.1. The summed E-state index contributed by atoms with van der Waals surface area (Å²) in [5.41, 5.74) is 10.7. The number of carbonyl (C=O) groups is 2. The van der Waals surface area contributed by atoms with E-state index < -0.39 is 24.3 Å². The molecular weight excluding hydrogens is 464 g/mol. The van der Waals surface area contributed by atoms with Crippen LogP contribution >= 0.6 is 0 Å². The Morgan fingerprint density at radius 1 is 1.08 bits per heavy atom. The van der Waals surface area contributed by atoms with Crippen molar-refractivity contribution >= 4 is 28.9 Å². The molecule has 1 fully saturated rings. The van der Waals surface area contributed by atoms with Crippen molar-refractivity contribution in [3.63, 3.8) is 0 Å². The number of ether oxygens (including phenoxy) is 2. The van der Waals surface area contributed by atoms with Crippen molar-refractivity contribution in [1.82, 2.24) is 19.5 Å². The fourth-order valence-electron chi connectivity index (χ4n) is 3.96. The Hall–Kier alpha value is -4.80. The van der Waals surface area contributed by atoms with Crippen molar-refractivity contribution in [2.45, 2.75) is 24.8 Å². The summed E-state index contributed by atoms with van der Waals surface area (Å²) in [5.74, 6) is -0.571. The molecule has 0 aliphatic carbocycles. The quantitative estimate of drug-likeness (QED) is 0.180. The average Bonchev–Trinajstić information content (AvgIpc) is 3.53. The molecule has 12 nitrogen and oxygen atoms in total. The zero-order valence-corrected chi connectivity index (χ0v) is 18.8. The van der Waals surface area contributed by atoms with Crippen molar-refractivity contribution < 1.29 is 19.1 Å². The van der Waals surface area contributed by atoms with Crippen LogP contribution in [0.1, 0.15) is 33.4 Å². The maximum absolute atomic E-state index is 12.6. The number of nitrogens with zero attached hydrogens (tertiary/aromatic N) is 7. The Morgan fingerprint density at radius 2 is 1.81 bits per heavy atom. The number of rotatable bonds is 7. The third kappa shape index (κ3) is 4.71. The highest BCUT2D eigenvalue weighted by molar-refractivity contribution is 6.06. The van der Waals surface area contributed by atoms with E-state index in [1.807, 2.05) is 6.07 Å². The largest absolute Gasteiger partial charge is 0.459 e. The highest BCUT2D eigenvalue weighted by Gasteiger charge is 2.37. The second-order valence-corrected chi connectivity index (χ2v) is 7.97. The number of carbonyl (C=O) groups excluding carboxylic acids is 2. The first kappa shape index (κ1) is 23.0. The Labute approximate surface area is 204 Å². The SMILES string of the molecule is [N-]=[N+]=NC1C[C@H](n2cnc3c(NC(=O)c4ccccc4)ncnc32)O[C@@H]1COC(=O)c1ccccc1. The van der Waals surface area contributed by atoms with E-state index in [0.717, 1.165) is 0 Å². The van der Waals surface area contributed by atoms with Crippen molar-refractivity contribution in [2.24, 2.45) is 5.11 Å². The van der Waals surface area contributed by atoms with E-state index in [-0.39, 0.29) is 18.3 Å². The molecule has 0 saturated carbocycles. The normalized spacial score (nSPS) is 18.9. The Balaban J connectivity index is 1.33. The van der Waals surface area contributed by atoms with Crippen molar-refractivity contribution in [2.75, 3.05) is 11.9 Å². The maximum atomic E-state index is 12.6. The minimum absolute atomic E-state index is 0.0894. The molecule has 12 heteroatoms. The van der Waals surface area contributed by atoms with Gasteiger partial charge in [0.2, 0.25) is 0 Å². The van der Waals surface area contributed by atoms with Gasteiger partial charge in [-0.2, -0.15) is 0 Å². The molecule has 4 aromatic rings. The number of fused-ring (bicyclic) bond motifs is 1. The number of benzene rings is 2. The van der Waals surface area contributed by atoms with E-state index in [1.54, 1.807) is 59.2 Å². The van der Waals surface area contributed by atoms with Crippen LogP contribution in [0.4, 0.5) is 5.82 Å². The van der Waals surface area contributed by atoms with Gasteiger partial charge in [0, 0.05) is 16.9 Å². The van der Waals surface area contributed by atoms with E-state index in [2.05, 4.69) is 30.3 Å². The molecule has 1 N–H and O–H groups in total. The summed E-state index contributed by atoms with van der Waals surface area (Å²) >= 11 is 0. The summed E-state index contributed by atoms with van der Waals surface area (Å²) in [6, 6.07) is 16.8. The molecule has 5 rings (SSSR count). The molecule has 0 bridgehead atoms. The monoisotopic (exact) mass is 484 g/mol. The molecular formula is C24H20N8O4. The number of aromatic nitrogens is 4. The van der Waals surface area contributed by atoms with E-state index in [0.29, 0.717) is 28.7 Å². The summed E-state index contributed by atoms with van der Waals surface area (Å²) in [7, 11) is 0. The first-order valence-corrected chi connectivity index (χ1v) is 11.1. The molecule has 1 aliphatic rings. The third-order valence-electron chi connectivity index (χ3n) is 5.73. The van der Waals surface area contributed by atoms with Gasteiger partial charge < -0.3 is 14.8 Å². The summed E-state index contributed by atoms with van der Waals surface area (Å²) in [6.07, 6.45) is 1.92. The van der Waals surface area contributed by atoms with Crippen LogP contribution in [0.5, 0.6) is 0 Å². The molecule has 1 amide bonds. The van der Waals surface area contributed by atoms with Gasteiger partial charge in [0.15, 0.2) is 17.0 Å². The number of amides is 1. The highest BCUT2D eigenvalue weighted by Crippen LogP contribution is 2.34. The van der Waals surface area contributed by atoms with Crippen LogP contribution in [0, 0.1) is 0 Å². The van der Waals surface area contributed by atoms with Gasteiger partial charge in [-0.05, 0) is 29.8 Å². The predicted molar refractivity (Wildman–Crippen MR) is 128 cm³/mol. The minimum Gasteiger partial charge on any atom is -0.459 e. The van der Waals surface area contributed by atoms with Crippen LogP contribution in [0.25, 0.3) is 21.6 Å². The van der Waals surface area contributed by atoms with Crippen molar-refractivity contribution in [1.29, 1.82) is 0 Å². The number of hydrogen-bond donors (Lipinski definition) is 1. The van der Waals surface area contributed by atoms with Gasteiger partial charge in [-0.1, -0.05) is 41.5 Å². The Bertz CT molecular complexity index is 1440. The summed E-state index contributed by atoms with van der Waals surface area (Å²) in [4.78, 5) is 40.7. The average molecular weight is 484 g/mol. The van der Waals surface area contributed by atoms with Gasteiger partial charge in [-0.3, -0.25) is 9.36 Å². The van der Waals surface area contributed by atoms with Crippen molar-refractivity contribution in [3.8, 4) is 0 Å². The number of hydrogen-bond acceptors (Lipinski definition) is 8. The molecule has 3 heterocycles. The molecule has 1 saturated heterocycles. The third-order valence-corrected chi connectivity index (χ3v) is 5.73. The van der Waals surface area contributed by atoms with Crippen LogP contribution in [0.15, 0.2) is 78.4 Å². The zero-order chi connectivity index (χ0) is 24.9. The van der Waals surface area contributed by atoms with Gasteiger partial charge in [0.25, 0.3) is 5.91 Å². The van der Waals surface area contributed by atoms with Crippen LogP contribution < -0.4 is 5.32 Å². The maximum Gasteiger partial charge on any atom is 0.338 e. The lowest BCUT2D eigenvalue weighted by Crippen LogP contribution is -2.26. The molecule has 0 spiro atoms. The number of imidazole rings is 1. The van der Waals surface area contributed by atoms with Crippen LogP contribution in [-0.2, 0) is 9.47 Å². The first-order chi connectivity index (χ1) is 17.6. The van der Waals surface area contributed by atoms with Crippen LogP contribution in [0.3, 0.4) is 0 Å². The smallest absolute Gasteiger partial charge is 0.338 e. The Morgan fingerprint density at radius 3 is 2.53 bits per heavy atom. The molecule has 1 aliphatic heterocycles. The van der Waals surface area contributed by atoms with Crippen LogP contribution in [-0.4, -0.2) is 50.1 Å². The van der Waals surface area contributed by atoms with E-state index in [4.69, 9.17) is 15.0 Å². The van der Waals surface area contributed by atoms with Gasteiger partial charge in [-0.25, -0.2) is 19.7 Å². The predicted octanol–water partition coefficient (Wildman–Crippen LogP) is 3.90. The molecule has 2 aromatic heterocycles. The lowest BCUT2D eigenvalue weighted by atomic mass is 10.1. The fraction of sp³-hybridized carbons (Fsp3) is 0.208. The lowest BCUT2D eigenvalue weighted by Gasteiger charge is -2.16. The second-order valence-electron chi connectivity index (χ2n) is 7.97. The number of esters is 1. The lowest BCUT2D eigenvalue weighted by molar-refractivity contribution is -0.0332. The molecule has 36 heavy (non-hydrogen) atoms. The highest BCUT2D eigenvalue weighted by atomic mass is 16.6. The standard InChI is InChI=1S/C24H20N8O4/c25-31-30-17-11-19(36-18(17)12-35-24(34)16-9-5-2-6-10-16)32-14-28-20-21(26-13-27-22(20)32)29-23(33)15-7-3-1-4-8-15/h1-10,13-14,17-19H,11-12H2,(H,26,27,29,33)/t17?,18-,19-/m1/s1. The second kappa shape index (κ2) is 10.2. The van der Waals surface area contributed by atoms with E-state index in [1.165, 1.54) is 12.7 Å². The van der Waals surface area contributed by atoms with Crippen LogP contribution in [0.2, 0.25) is 0 Å². The minimum atomic E-state index is -0.657. The number of anilines is 1. The fourth-order valence-corrected chi connectivity index (χ4v) is 3.96. The summed E-state index contributed by atoms with van der Waals surface area (Å²) < 4.78 is 13.2. The van der Waals surface area contributed by atoms with E-state index in [9.17, 15) is 9.59 Å². The van der Waals surface area contributed by atoms with E-state index >= 15 is 0 Å². The van der Waals surface area contributed by atoms with Crippen molar-refractivity contribution in [3.05, 3.63) is 94.9 Å². The Kier molecular flexibility index (Phi) is 6.52.